The molecule has 0 spiro atoms. The fraction of sp³-hybridized carbons (Fsp3) is 0.579. The smallest absolute Gasteiger partial charge is 0.307 e. The average Bonchev–Trinajstić information content (AvgIpc) is 3.24. The van der Waals surface area contributed by atoms with E-state index >= 15 is 0 Å². The summed E-state index contributed by atoms with van der Waals surface area (Å²) in [6.07, 6.45) is 2.80. The number of nitrogens with one attached hydrogen (secondary N) is 1. The van der Waals surface area contributed by atoms with E-state index < -0.39 is 17.8 Å². The fourth-order valence-electron chi connectivity index (χ4n) is 4.83. The molecule has 6 heteroatoms. The lowest BCUT2D eigenvalue weighted by molar-refractivity contribution is -0.148. The number of ether oxygens (including phenoxy) is 1. The number of carbonyl (C=O) groups is 2. The van der Waals surface area contributed by atoms with E-state index in [1.807, 2.05) is 24.3 Å². The second-order valence-corrected chi connectivity index (χ2v) is 7.36. The van der Waals surface area contributed by atoms with Gasteiger partial charge in [-0.05, 0) is 55.4 Å². The van der Waals surface area contributed by atoms with E-state index in [-0.39, 0.29) is 17.7 Å². The van der Waals surface area contributed by atoms with Crippen LogP contribution in [0.1, 0.15) is 19.3 Å². The van der Waals surface area contributed by atoms with Crippen LogP contribution >= 0.6 is 0 Å². The van der Waals surface area contributed by atoms with Crippen LogP contribution in [0, 0.1) is 23.7 Å². The van der Waals surface area contributed by atoms with Crippen LogP contribution in [-0.4, -0.2) is 43.3 Å². The first kappa shape index (κ1) is 16.4. The van der Waals surface area contributed by atoms with Crippen molar-refractivity contribution in [2.75, 3.05) is 36.5 Å². The van der Waals surface area contributed by atoms with E-state index in [0.29, 0.717) is 0 Å². The molecule has 2 bridgehead atoms. The summed E-state index contributed by atoms with van der Waals surface area (Å²) in [6, 6.07) is 7.78. The third-order valence-corrected chi connectivity index (χ3v) is 6.02. The number of nitrogens with zero attached hydrogens (tertiary/aromatic N) is 1. The summed E-state index contributed by atoms with van der Waals surface area (Å²) in [5.41, 5.74) is 1.85. The number of morpholine rings is 1. The number of carbonyl (C=O) groups excluding carboxylic acids is 1. The van der Waals surface area contributed by atoms with Crippen LogP contribution in [0.3, 0.4) is 0 Å². The standard InChI is InChI=1S/C19H24N2O4/c22-18(16-12-1-2-13(11-12)17(16)19(23)24)20-14-3-5-15(6-4-14)21-7-9-25-10-8-21/h3-6,12-13,16-17H,1-2,7-11H2,(H,20,22)(H,23,24). The van der Waals surface area contributed by atoms with Crippen molar-refractivity contribution in [3.05, 3.63) is 24.3 Å². The third kappa shape index (κ3) is 3.11. The maximum atomic E-state index is 12.7. The zero-order valence-corrected chi connectivity index (χ0v) is 14.2. The molecule has 1 aromatic carbocycles. The summed E-state index contributed by atoms with van der Waals surface area (Å²) in [5.74, 6) is -1.49. The van der Waals surface area contributed by atoms with E-state index in [4.69, 9.17) is 4.74 Å². The number of amides is 1. The highest BCUT2D eigenvalue weighted by Gasteiger charge is 2.53. The van der Waals surface area contributed by atoms with Crippen LogP contribution in [0.15, 0.2) is 24.3 Å². The number of benzene rings is 1. The SMILES string of the molecule is O=C(O)C1C2CCC(C2)C1C(=O)Nc1ccc(N2CCOCC2)cc1. The van der Waals surface area contributed by atoms with E-state index in [1.165, 1.54) is 0 Å². The van der Waals surface area contributed by atoms with Crippen molar-refractivity contribution >= 4 is 23.3 Å². The largest absolute Gasteiger partial charge is 0.481 e. The Labute approximate surface area is 147 Å². The monoisotopic (exact) mass is 344 g/mol. The number of fused-ring (bicyclic) bond motifs is 2. The van der Waals surface area contributed by atoms with Crippen LogP contribution in [0.25, 0.3) is 0 Å². The summed E-state index contributed by atoms with van der Waals surface area (Å²) in [4.78, 5) is 26.5. The molecule has 1 saturated heterocycles. The molecular formula is C19H24N2O4. The van der Waals surface area contributed by atoms with Crippen LogP contribution in [0.2, 0.25) is 0 Å². The number of carboxylic acid groups (broad SMARTS) is 1. The molecule has 25 heavy (non-hydrogen) atoms. The Morgan fingerprint density at radius 3 is 2.32 bits per heavy atom. The minimum Gasteiger partial charge on any atom is -0.481 e. The minimum atomic E-state index is -0.824. The van der Waals surface area contributed by atoms with Crippen molar-refractivity contribution in [3.8, 4) is 0 Å². The van der Waals surface area contributed by atoms with Gasteiger partial charge >= 0.3 is 5.97 Å². The highest BCUT2D eigenvalue weighted by Crippen LogP contribution is 2.52. The molecule has 2 N–H and O–H groups in total. The lowest BCUT2D eigenvalue weighted by Gasteiger charge is -2.29. The van der Waals surface area contributed by atoms with Crippen molar-refractivity contribution in [1.29, 1.82) is 0 Å². The quantitative estimate of drug-likeness (QED) is 0.875. The summed E-state index contributed by atoms with van der Waals surface area (Å²) in [5, 5.41) is 12.4. The molecule has 1 aromatic rings. The van der Waals surface area contributed by atoms with Crippen LogP contribution in [0.5, 0.6) is 0 Å². The Kier molecular flexibility index (Phi) is 4.37. The van der Waals surface area contributed by atoms with E-state index in [1.54, 1.807) is 0 Å². The highest BCUT2D eigenvalue weighted by molar-refractivity contribution is 5.96. The van der Waals surface area contributed by atoms with E-state index in [2.05, 4.69) is 10.2 Å². The molecule has 2 saturated carbocycles. The molecule has 0 radical (unpaired) electrons. The predicted octanol–water partition coefficient (Wildman–Crippen LogP) is 2.21. The van der Waals surface area contributed by atoms with Crippen LogP contribution < -0.4 is 10.2 Å². The molecule has 3 fully saturated rings. The van der Waals surface area contributed by atoms with Gasteiger partial charge in [0.1, 0.15) is 0 Å². The Morgan fingerprint density at radius 2 is 1.68 bits per heavy atom. The second-order valence-electron chi connectivity index (χ2n) is 7.36. The maximum Gasteiger partial charge on any atom is 0.307 e. The van der Waals surface area contributed by atoms with Gasteiger partial charge in [-0.15, -0.1) is 0 Å². The number of anilines is 2. The third-order valence-electron chi connectivity index (χ3n) is 6.02. The van der Waals surface area contributed by atoms with Gasteiger partial charge in [0.15, 0.2) is 0 Å². The van der Waals surface area contributed by atoms with Crippen molar-refractivity contribution in [3.63, 3.8) is 0 Å². The average molecular weight is 344 g/mol. The van der Waals surface area contributed by atoms with Crippen molar-refractivity contribution in [2.45, 2.75) is 19.3 Å². The molecule has 1 amide bonds. The molecule has 1 heterocycles. The molecule has 2 aliphatic carbocycles. The molecule has 4 rings (SSSR count). The summed E-state index contributed by atoms with van der Waals surface area (Å²) < 4.78 is 5.36. The first-order valence-corrected chi connectivity index (χ1v) is 9.10. The van der Waals surface area contributed by atoms with Gasteiger partial charge in [0.05, 0.1) is 25.0 Å². The number of hydrogen-bond acceptors (Lipinski definition) is 4. The minimum absolute atomic E-state index is 0.140. The lowest BCUT2D eigenvalue weighted by atomic mass is 9.78. The predicted molar refractivity (Wildman–Crippen MR) is 93.6 cm³/mol. The summed E-state index contributed by atoms with van der Waals surface area (Å²) >= 11 is 0. The van der Waals surface area contributed by atoms with E-state index in [9.17, 15) is 14.7 Å². The topological polar surface area (TPSA) is 78.9 Å². The van der Waals surface area contributed by atoms with Gasteiger partial charge in [-0.2, -0.15) is 0 Å². The number of carboxylic acids is 1. The van der Waals surface area contributed by atoms with Gasteiger partial charge in [0.25, 0.3) is 0 Å². The molecular weight excluding hydrogens is 320 g/mol. The van der Waals surface area contributed by atoms with Gasteiger partial charge < -0.3 is 20.1 Å². The zero-order chi connectivity index (χ0) is 17.4. The Morgan fingerprint density at radius 1 is 1.04 bits per heavy atom. The first-order chi connectivity index (χ1) is 12.1. The first-order valence-electron chi connectivity index (χ1n) is 9.10. The van der Waals surface area contributed by atoms with Crippen molar-refractivity contribution in [1.82, 2.24) is 0 Å². The molecule has 6 nitrogen and oxygen atoms in total. The Bertz CT molecular complexity index is 654. The van der Waals surface area contributed by atoms with E-state index in [0.717, 1.165) is 56.9 Å². The van der Waals surface area contributed by atoms with Gasteiger partial charge in [-0.1, -0.05) is 0 Å². The van der Waals surface area contributed by atoms with Gasteiger partial charge in [0, 0.05) is 24.5 Å². The summed E-state index contributed by atoms with van der Waals surface area (Å²) in [6.45, 7) is 3.22. The fourth-order valence-corrected chi connectivity index (χ4v) is 4.83. The molecule has 3 aliphatic rings. The second kappa shape index (κ2) is 6.67. The van der Waals surface area contributed by atoms with Gasteiger partial charge in [0.2, 0.25) is 5.91 Å². The van der Waals surface area contributed by atoms with Gasteiger partial charge in [-0.25, -0.2) is 0 Å². The molecule has 1 aliphatic heterocycles. The molecule has 4 unspecified atom stereocenters. The zero-order valence-electron chi connectivity index (χ0n) is 14.2. The number of aliphatic carboxylic acids is 1. The van der Waals surface area contributed by atoms with Crippen molar-refractivity contribution < 1.29 is 19.4 Å². The molecule has 4 atom stereocenters. The summed E-state index contributed by atoms with van der Waals surface area (Å²) in [7, 11) is 0. The normalized spacial score (nSPS) is 31.1. The van der Waals surface area contributed by atoms with Gasteiger partial charge in [-0.3, -0.25) is 9.59 Å². The number of rotatable bonds is 4. The molecule has 134 valence electrons. The maximum absolute atomic E-state index is 12.7. The van der Waals surface area contributed by atoms with Crippen LogP contribution in [-0.2, 0) is 14.3 Å². The lowest BCUT2D eigenvalue weighted by Crippen LogP contribution is -2.38. The Balaban J connectivity index is 1.43. The van der Waals surface area contributed by atoms with Crippen LogP contribution in [0.4, 0.5) is 11.4 Å². The molecule has 0 aromatic heterocycles. The Hall–Kier alpha value is -2.08. The number of hydrogen-bond donors (Lipinski definition) is 2. The highest BCUT2D eigenvalue weighted by atomic mass is 16.5. The van der Waals surface area contributed by atoms with Crippen molar-refractivity contribution in [2.24, 2.45) is 23.7 Å².